The van der Waals surface area contributed by atoms with E-state index >= 15 is 0 Å². The summed E-state index contributed by atoms with van der Waals surface area (Å²) in [5, 5.41) is 18.3. The number of carbonyl (C=O) groups excluding carboxylic acids is 1. The molecule has 0 spiro atoms. The third-order valence-corrected chi connectivity index (χ3v) is 1.25. The summed E-state index contributed by atoms with van der Waals surface area (Å²) in [6, 6.07) is 0.158. The highest BCUT2D eigenvalue weighted by Gasteiger charge is 2.19. The highest BCUT2D eigenvalue weighted by atomic mass is 16.6. The molecule has 0 aromatic heterocycles. The van der Waals surface area contributed by atoms with E-state index in [0.717, 1.165) is 0 Å². The van der Waals surface area contributed by atoms with Crippen LogP contribution in [0.4, 0.5) is 0 Å². The third kappa shape index (κ3) is 3.51. The van der Waals surface area contributed by atoms with Gasteiger partial charge in [-0.1, -0.05) is 0 Å². The molecule has 66 valence electrons. The molecule has 0 N–H and O–H groups in total. The van der Waals surface area contributed by atoms with Crippen molar-refractivity contribution < 1.29 is 14.5 Å². The smallest absolute Gasteiger partial charge is 0.305 e. The highest BCUT2D eigenvalue weighted by molar-refractivity contribution is 5.69. The molecule has 0 saturated carbocycles. The second-order valence-corrected chi connectivity index (χ2v) is 2.05. The number of hydrogen-bond donors (Lipinski definition) is 0. The van der Waals surface area contributed by atoms with Crippen molar-refractivity contribution in [2.45, 2.75) is 18.9 Å². The minimum atomic E-state index is -1.32. The highest BCUT2D eigenvalue weighted by Crippen LogP contribution is 2.00. The molecule has 0 rings (SSSR count). The first kappa shape index (κ1) is 10.4. The molecule has 0 heterocycles. The number of ether oxygens (including phenoxy) is 1. The van der Waals surface area contributed by atoms with Crippen LogP contribution in [0.1, 0.15) is 12.8 Å². The monoisotopic (exact) mass is 172 g/mol. The molecule has 0 aromatic carbocycles. The van der Waals surface area contributed by atoms with Crippen LogP contribution in [0.5, 0.6) is 0 Å². The molecule has 0 fully saturated rings. The van der Waals surface area contributed by atoms with Gasteiger partial charge >= 0.3 is 5.97 Å². The Morgan fingerprint density at radius 2 is 2.42 bits per heavy atom. The predicted molar refractivity (Wildman–Crippen MR) is 37.6 cm³/mol. The van der Waals surface area contributed by atoms with Crippen molar-refractivity contribution in [2.75, 3.05) is 7.11 Å². The zero-order valence-corrected chi connectivity index (χ0v) is 6.52. The summed E-state index contributed by atoms with van der Waals surface area (Å²) >= 11 is 0. The van der Waals surface area contributed by atoms with Crippen LogP contribution in [0.15, 0.2) is 0 Å². The van der Waals surface area contributed by atoms with Gasteiger partial charge in [-0.15, -0.1) is 0 Å². The summed E-state index contributed by atoms with van der Waals surface area (Å²) in [7, 11) is 1.19. The average molecular weight is 172 g/mol. The number of hydrogen-bond acceptors (Lipinski definition) is 5. The largest absolute Gasteiger partial charge is 0.469 e. The summed E-state index contributed by atoms with van der Waals surface area (Å²) in [6.45, 7) is 0. The number of nitro groups is 1. The van der Waals surface area contributed by atoms with Gasteiger partial charge in [-0.25, -0.2) is 0 Å². The van der Waals surface area contributed by atoms with Crippen molar-refractivity contribution in [3.8, 4) is 6.07 Å². The average Bonchev–Trinajstić information content (AvgIpc) is 2.04. The van der Waals surface area contributed by atoms with Gasteiger partial charge in [0.25, 0.3) is 6.04 Å². The van der Waals surface area contributed by atoms with Gasteiger partial charge in [0.1, 0.15) is 6.07 Å². The van der Waals surface area contributed by atoms with Gasteiger partial charge in [-0.05, 0) is 0 Å². The van der Waals surface area contributed by atoms with Gasteiger partial charge in [-0.2, -0.15) is 5.26 Å². The van der Waals surface area contributed by atoms with Crippen molar-refractivity contribution in [3.05, 3.63) is 10.1 Å². The van der Waals surface area contributed by atoms with Gasteiger partial charge in [0.05, 0.1) is 13.5 Å². The Bertz CT molecular complexity index is 220. The fourth-order valence-electron chi connectivity index (χ4n) is 0.574. The van der Waals surface area contributed by atoms with Crippen LogP contribution in [0.3, 0.4) is 0 Å². The summed E-state index contributed by atoms with van der Waals surface area (Å²) in [6.07, 6.45) is -0.203. The summed E-state index contributed by atoms with van der Waals surface area (Å²) in [5.41, 5.74) is 0. The minimum Gasteiger partial charge on any atom is -0.469 e. The van der Waals surface area contributed by atoms with Crippen molar-refractivity contribution >= 4 is 5.97 Å². The lowest BCUT2D eigenvalue weighted by Gasteiger charge is -1.99. The van der Waals surface area contributed by atoms with Crippen LogP contribution in [0, 0.1) is 21.4 Å². The van der Waals surface area contributed by atoms with Crippen LogP contribution >= 0.6 is 0 Å². The lowest BCUT2D eigenvalue weighted by Crippen LogP contribution is -2.18. The molecular weight excluding hydrogens is 164 g/mol. The van der Waals surface area contributed by atoms with Gasteiger partial charge in [0, 0.05) is 11.3 Å². The molecular formula is C6H8N2O4. The van der Waals surface area contributed by atoms with Gasteiger partial charge < -0.3 is 4.74 Å². The molecule has 0 saturated heterocycles. The van der Waals surface area contributed by atoms with Gasteiger partial charge in [0.2, 0.25) is 0 Å². The van der Waals surface area contributed by atoms with E-state index in [1.165, 1.54) is 13.2 Å². The van der Waals surface area contributed by atoms with Crippen LogP contribution in [0.2, 0.25) is 0 Å². The predicted octanol–water partition coefficient (Wildman–Crippen LogP) is 0.108. The van der Waals surface area contributed by atoms with E-state index in [1.54, 1.807) is 0 Å². The second-order valence-electron chi connectivity index (χ2n) is 2.05. The normalized spacial score (nSPS) is 11.3. The number of esters is 1. The molecule has 0 aliphatic heterocycles. The Balaban J connectivity index is 3.83. The van der Waals surface area contributed by atoms with E-state index in [9.17, 15) is 14.9 Å². The third-order valence-electron chi connectivity index (χ3n) is 1.25. The fraction of sp³-hybridized carbons (Fsp3) is 0.667. The maximum atomic E-state index is 10.5. The minimum absolute atomic E-state index is 0.101. The number of rotatable bonds is 4. The van der Waals surface area contributed by atoms with E-state index in [1.807, 2.05) is 0 Å². The molecule has 0 radical (unpaired) electrons. The first-order valence-electron chi connectivity index (χ1n) is 3.21. The van der Waals surface area contributed by atoms with E-state index in [0.29, 0.717) is 0 Å². The Kier molecular flexibility index (Phi) is 4.38. The standard InChI is InChI=1S/C6H8N2O4/c1-12-6(9)3-2-5(4-7)8(10)11/h5H,2-3H2,1H3. The van der Waals surface area contributed by atoms with Crippen molar-refractivity contribution in [3.63, 3.8) is 0 Å². The Hall–Kier alpha value is -1.64. The Morgan fingerprint density at radius 1 is 1.83 bits per heavy atom. The number of nitriles is 1. The first-order chi connectivity index (χ1) is 5.61. The summed E-state index contributed by atoms with van der Waals surface area (Å²) in [5.74, 6) is -0.544. The molecule has 0 aliphatic carbocycles. The maximum absolute atomic E-state index is 10.5. The summed E-state index contributed by atoms with van der Waals surface area (Å²) in [4.78, 5) is 19.8. The topological polar surface area (TPSA) is 93.2 Å². The second kappa shape index (κ2) is 5.07. The van der Waals surface area contributed by atoms with E-state index in [-0.39, 0.29) is 12.8 Å². The number of methoxy groups -OCH3 is 1. The van der Waals surface area contributed by atoms with Crippen LogP contribution in [0.25, 0.3) is 0 Å². The fourth-order valence-corrected chi connectivity index (χ4v) is 0.574. The zero-order chi connectivity index (χ0) is 9.56. The van der Waals surface area contributed by atoms with Crippen LogP contribution < -0.4 is 0 Å². The van der Waals surface area contributed by atoms with Gasteiger partial charge in [0.15, 0.2) is 0 Å². The number of carbonyl (C=O) groups is 1. The SMILES string of the molecule is COC(=O)CCC(C#N)[N+](=O)[O-]. The van der Waals surface area contributed by atoms with E-state index in [2.05, 4.69) is 4.74 Å². The number of nitrogens with zero attached hydrogens (tertiary/aromatic N) is 2. The molecule has 1 atom stereocenters. The first-order valence-corrected chi connectivity index (χ1v) is 3.21. The zero-order valence-electron chi connectivity index (χ0n) is 6.52. The molecule has 0 bridgehead atoms. The van der Waals surface area contributed by atoms with E-state index in [4.69, 9.17) is 5.26 Å². The van der Waals surface area contributed by atoms with Crippen LogP contribution in [-0.4, -0.2) is 24.0 Å². The molecule has 6 heteroatoms. The van der Waals surface area contributed by atoms with Crippen molar-refractivity contribution in [2.24, 2.45) is 0 Å². The van der Waals surface area contributed by atoms with Crippen molar-refractivity contribution in [1.82, 2.24) is 0 Å². The van der Waals surface area contributed by atoms with Gasteiger partial charge in [-0.3, -0.25) is 14.9 Å². The molecule has 0 aliphatic rings. The molecule has 12 heavy (non-hydrogen) atoms. The molecule has 0 amide bonds. The molecule has 0 aromatic rings. The lowest BCUT2D eigenvalue weighted by molar-refractivity contribution is -0.507. The quantitative estimate of drug-likeness (QED) is 0.340. The lowest BCUT2D eigenvalue weighted by atomic mass is 10.2. The molecule has 1 unspecified atom stereocenters. The van der Waals surface area contributed by atoms with Crippen molar-refractivity contribution in [1.29, 1.82) is 5.26 Å². The Labute approximate surface area is 68.9 Å². The van der Waals surface area contributed by atoms with Crippen LogP contribution in [-0.2, 0) is 9.53 Å². The maximum Gasteiger partial charge on any atom is 0.305 e. The Morgan fingerprint density at radius 3 is 2.75 bits per heavy atom. The molecule has 6 nitrogen and oxygen atoms in total. The van der Waals surface area contributed by atoms with E-state index < -0.39 is 16.9 Å². The summed E-state index contributed by atoms with van der Waals surface area (Å²) < 4.78 is 4.25.